The van der Waals surface area contributed by atoms with E-state index in [0.717, 1.165) is 131 Å². The van der Waals surface area contributed by atoms with Crippen molar-refractivity contribution in [2.24, 2.45) is 142 Å². The summed E-state index contributed by atoms with van der Waals surface area (Å²) in [5.74, 6) is 19.1. The lowest BCUT2D eigenvalue weighted by molar-refractivity contribution is -0.0376. The number of hydrogen-bond donors (Lipinski definition) is 0. The van der Waals surface area contributed by atoms with Crippen molar-refractivity contribution in [2.45, 2.75) is 434 Å². The minimum Gasteiger partial charge on any atom is -0.0654 e. The van der Waals surface area contributed by atoms with Gasteiger partial charge in [-0.3, -0.25) is 0 Å². The summed E-state index contributed by atoms with van der Waals surface area (Å²) in [6, 6.07) is 0. The molecule has 16 aliphatic carbocycles. The van der Waals surface area contributed by atoms with Crippen LogP contribution in [-0.2, 0) is 0 Å². The number of fused-ring (bicyclic) bond motifs is 4. The zero-order valence-corrected chi connectivity index (χ0v) is 62.6. The van der Waals surface area contributed by atoms with Crippen molar-refractivity contribution >= 4 is 0 Å². The van der Waals surface area contributed by atoms with Crippen molar-refractivity contribution in [1.82, 2.24) is 0 Å². The fourth-order valence-electron chi connectivity index (χ4n) is 20.4. The lowest BCUT2D eigenvalue weighted by atomic mass is 9.51. The third-order valence-corrected chi connectivity index (χ3v) is 25.9. The van der Waals surface area contributed by atoms with E-state index in [4.69, 9.17) is 35.6 Å². The van der Waals surface area contributed by atoms with E-state index < -0.39 is 77.9 Å². The fourth-order valence-corrected chi connectivity index (χ4v) is 20.4. The predicted molar refractivity (Wildman–Crippen MR) is 410 cm³/mol. The second kappa shape index (κ2) is 47.9. The van der Waals surface area contributed by atoms with Crippen LogP contribution in [0.3, 0.4) is 0 Å². The van der Waals surface area contributed by atoms with Crippen molar-refractivity contribution in [3.8, 4) is 0 Å². The highest BCUT2D eigenvalue weighted by Gasteiger charge is 2.48. The first-order valence-electron chi connectivity index (χ1n) is 53.3. The highest BCUT2D eigenvalue weighted by Crippen LogP contribution is 2.58. The summed E-state index contributed by atoms with van der Waals surface area (Å²) < 4.78 is 184. The Morgan fingerprint density at radius 1 is 0.389 bits per heavy atom. The largest absolute Gasteiger partial charge is 0.0654 e. The summed E-state index contributed by atoms with van der Waals surface area (Å²) in [6.07, 6.45) is 58.4. The van der Waals surface area contributed by atoms with E-state index in [1.807, 2.05) is 0 Å². The van der Waals surface area contributed by atoms with E-state index in [-0.39, 0.29) is 6.42 Å². The highest BCUT2D eigenvalue weighted by atomic mass is 14.5. The Kier molecular flexibility index (Phi) is 27.2. The Balaban J connectivity index is 0.000000331. The zero-order valence-electron chi connectivity index (χ0n) is 88.6. The van der Waals surface area contributed by atoms with Gasteiger partial charge in [-0.15, -0.1) is 0 Å². The first kappa shape index (κ1) is 51.2. The minimum atomic E-state index is -3.48. The summed E-state index contributed by atoms with van der Waals surface area (Å²) in [5.41, 5.74) is -3.42. The summed E-state index contributed by atoms with van der Waals surface area (Å²) in [6.45, 7) is 7.19. The van der Waals surface area contributed by atoms with Crippen LogP contribution in [-0.4, -0.2) is 0 Å². The van der Waals surface area contributed by atoms with Gasteiger partial charge in [0.1, 0.15) is 0 Å². The SMILES string of the molecule is CC1C2CC3CC(C2)CC1C3.CC1CC2CCC1C2.CC1CCCC1.CC1CCCCC1.CCC1C2CC3CC(C2)CC1C3.CCC1CC2CCC1C2.CCC1CCCC1.CCC1CCCCC1.CCCC(C)C.[2H]C([2H])([2H])C(C([2H])([2H])[2H])(C([2H])([2H])[2H])C([2H])([2H])C.[2H]C([2H])([2H])C(CC)C([2H])([2H])[2H].[2H]C([2H])([2H])C([2H])(C([2H])([2H])[2H])C([2H])([2H])C. The van der Waals surface area contributed by atoms with Crippen LogP contribution in [0.5, 0.6) is 0 Å². The van der Waals surface area contributed by atoms with E-state index in [1.54, 1.807) is 122 Å². The predicted octanol–water partition coefficient (Wildman–Crippen LogP) is 31.2. The van der Waals surface area contributed by atoms with E-state index in [9.17, 15) is 0 Å². The molecule has 0 saturated heterocycles. The molecule has 12 bridgehead atoms. The molecule has 16 saturated carbocycles. The number of hydrogen-bond acceptors (Lipinski definition) is 0. The topological polar surface area (TPSA) is 0 Å². The molecule has 0 amide bonds. The van der Waals surface area contributed by atoms with Crippen LogP contribution >= 0.6 is 0 Å². The quantitative estimate of drug-likeness (QED) is 0.227. The molecule has 0 spiro atoms. The Morgan fingerprint density at radius 2 is 0.800 bits per heavy atom. The maximum absolute atomic E-state index is 7.39. The van der Waals surface area contributed by atoms with Gasteiger partial charge in [0.25, 0.3) is 0 Å². The van der Waals surface area contributed by atoms with Gasteiger partial charge in [0.05, 0.1) is 0 Å². The Morgan fingerprint density at radius 3 is 0.989 bits per heavy atom. The van der Waals surface area contributed by atoms with Gasteiger partial charge in [0.15, 0.2) is 0 Å². The normalized spacial score (nSPS) is 40.2. The van der Waals surface area contributed by atoms with E-state index >= 15 is 0 Å². The van der Waals surface area contributed by atoms with Crippen LogP contribution in [0.1, 0.15) is 469 Å². The lowest BCUT2D eigenvalue weighted by Gasteiger charge is -2.54. The summed E-state index contributed by atoms with van der Waals surface area (Å²) in [4.78, 5) is 0. The Bertz CT molecular complexity index is 2410. The van der Waals surface area contributed by atoms with Crippen LogP contribution in [0.15, 0.2) is 0 Å². The Labute approximate surface area is 609 Å². The molecule has 16 aliphatic rings. The molecule has 90 heavy (non-hydrogen) atoms. The molecule has 0 nitrogen and oxygen atoms in total. The third kappa shape index (κ3) is 35.0. The van der Waals surface area contributed by atoms with Crippen molar-refractivity contribution in [3.63, 3.8) is 0 Å². The van der Waals surface area contributed by atoms with Gasteiger partial charge in [-0.25, -0.2) is 0 Å². The first-order chi connectivity index (χ1) is 53.3. The second-order valence-electron chi connectivity index (χ2n) is 33.7. The molecular weight excluding hydrogens is 1080 g/mol. The molecule has 536 valence electrons. The third-order valence-electron chi connectivity index (χ3n) is 25.9. The second-order valence-corrected chi connectivity index (χ2v) is 33.7. The molecule has 6 atom stereocenters. The van der Waals surface area contributed by atoms with Crippen molar-refractivity contribution < 1.29 is 35.6 Å². The molecule has 0 heteroatoms. The molecule has 0 radical (unpaired) electrons. The van der Waals surface area contributed by atoms with Crippen LogP contribution in [0, 0.1) is 142 Å². The average Bonchev–Trinajstić information content (AvgIpc) is 0.985. The standard InChI is InChI=1S/C12H20.C11H18.C9H16.C8H14.C8H16.2C7H14.C6H12.2C6H14.2C5H12/c1-2-12-10-4-8-3-9(6-10)7-11(12)5-8;1-7-10-3-8-2-9(5-10)6-11(7)4-8;1-2-8-5-7-3-4-9(8)6-7;1-6-4-7-2-3-8(6)5-7;1-2-8-6-4-3-5-7-8;1-7-5-3-2-4-6-7;1-2-7-5-3-4-6-7;1-6-4-2-3-5-6;1-5-6(2,3)4;1-4-5-6(2)3;2*1-4-5(2)3/h8-12H,2-7H2,1H3;7-11H,2-6H2,1H3;7-9H,2-6H2,1H3;6-8H,2-5H2,1H3;8H,2-7H2,1H3;2*7H,2-6H2,1H3;6H,2-5H2,1H3;5H2,1-4H3;6H,4-5H2,1-3H3;2*5H,4H2,1-3H3/i;;;;;;;;2D3,3D3,4D3,5D2;;2D3,3D3,4D2,5D;2D3,3D3. The Hall–Kier alpha value is 0. The molecule has 0 heterocycles. The van der Waals surface area contributed by atoms with Gasteiger partial charge in [0, 0.05) is 35.6 Å². The van der Waals surface area contributed by atoms with E-state index in [0.29, 0.717) is 6.92 Å². The molecule has 16 rings (SSSR count). The van der Waals surface area contributed by atoms with Crippen LogP contribution in [0.2, 0.25) is 0 Å². The van der Waals surface area contributed by atoms with Gasteiger partial charge in [-0.2, -0.15) is 0 Å². The monoisotopic (exact) mass is 1280 g/mol. The summed E-state index contributed by atoms with van der Waals surface area (Å²) in [5, 5.41) is 0. The van der Waals surface area contributed by atoms with Crippen LogP contribution < -0.4 is 0 Å². The molecule has 0 aliphatic heterocycles. The van der Waals surface area contributed by atoms with Gasteiger partial charge >= 0.3 is 0 Å². The average molecular weight is 1280 g/mol. The molecule has 0 N–H and O–H groups in total. The molecule has 0 aromatic carbocycles. The van der Waals surface area contributed by atoms with Gasteiger partial charge in [-0.1, -0.05) is 331 Å². The van der Waals surface area contributed by atoms with E-state index in [1.165, 1.54) is 154 Å². The van der Waals surface area contributed by atoms with Crippen LogP contribution in [0.4, 0.5) is 0 Å². The van der Waals surface area contributed by atoms with Gasteiger partial charge < -0.3 is 0 Å². The summed E-state index contributed by atoms with van der Waals surface area (Å²) >= 11 is 0. The van der Waals surface area contributed by atoms with Crippen molar-refractivity contribution in [3.05, 3.63) is 0 Å². The maximum atomic E-state index is 7.39. The molecule has 6 unspecified atom stereocenters. The van der Waals surface area contributed by atoms with Gasteiger partial charge in [-0.05, 0) is 244 Å². The minimum absolute atomic E-state index is 0.160. The smallest absolute Gasteiger partial charge is 0.0297 e. The van der Waals surface area contributed by atoms with Crippen molar-refractivity contribution in [2.75, 3.05) is 0 Å². The number of rotatable bonds is 8. The maximum Gasteiger partial charge on any atom is 0.0297 e. The van der Waals surface area contributed by atoms with Gasteiger partial charge in [0.2, 0.25) is 0 Å². The molecule has 0 aromatic heterocycles. The molecular formula is C90H176. The van der Waals surface area contributed by atoms with Crippen molar-refractivity contribution in [1.29, 1.82) is 0 Å². The zero-order chi connectivity index (χ0) is 88.6. The lowest BCUT2D eigenvalue weighted by Crippen LogP contribution is -2.44. The molecule has 16 fully saturated rings. The fraction of sp³-hybridized carbons (Fsp3) is 1.00. The first-order valence-corrected chi connectivity index (χ1v) is 40.3. The summed E-state index contributed by atoms with van der Waals surface area (Å²) in [7, 11) is 0. The van der Waals surface area contributed by atoms with Crippen LogP contribution in [0.25, 0.3) is 0 Å². The molecule has 0 aromatic rings. The van der Waals surface area contributed by atoms with E-state index in [2.05, 4.69) is 76.2 Å². The highest BCUT2D eigenvalue weighted by molar-refractivity contribution is 4.98.